The number of benzene rings is 3. The van der Waals surface area contributed by atoms with Crippen LogP contribution in [-0.4, -0.2) is 17.7 Å². The van der Waals surface area contributed by atoms with Gasteiger partial charge in [0.25, 0.3) is 17.7 Å². The van der Waals surface area contributed by atoms with Gasteiger partial charge in [-0.05, 0) is 66.7 Å². The van der Waals surface area contributed by atoms with E-state index < -0.39 is 29.5 Å². The number of hydrogen-bond donors (Lipinski definition) is 2. The monoisotopic (exact) mass is 519 g/mol. The fraction of sp³-hybridized carbons (Fsp3) is 0.0417. The van der Waals surface area contributed by atoms with Crippen molar-refractivity contribution >= 4 is 58.0 Å². The van der Waals surface area contributed by atoms with Crippen LogP contribution in [0.15, 0.2) is 83.5 Å². The van der Waals surface area contributed by atoms with Gasteiger partial charge < -0.3 is 10.6 Å². The first-order valence-corrected chi connectivity index (χ1v) is 10.7. The second-order valence-corrected chi connectivity index (χ2v) is 8.16. The Morgan fingerprint density at radius 2 is 1.49 bits per heavy atom. The van der Waals surface area contributed by atoms with Gasteiger partial charge in [0.05, 0.1) is 11.3 Å². The Kier molecular flexibility index (Phi) is 6.56. The van der Waals surface area contributed by atoms with Gasteiger partial charge in [0.1, 0.15) is 10.7 Å². The number of imide groups is 1. The van der Waals surface area contributed by atoms with E-state index in [4.69, 9.17) is 23.2 Å². The minimum absolute atomic E-state index is 0.0127. The van der Waals surface area contributed by atoms with Crippen molar-refractivity contribution < 1.29 is 27.6 Å². The highest BCUT2D eigenvalue weighted by Crippen LogP contribution is 2.32. The number of amides is 3. The van der Waals surface area contributed by atoms with Gasteiger partial charge in [0.2, 0.25) is 0 Å². The molecule has 35 heavy (non-hydrogen) atoms. The lowest BCUT2D eigenvalue weighted by Gasteiger charge is -2.15. The van der Waals surface area contributed by atoms with Crippen molar-refractivity contribution in [3.05, 3.63) is 99.7 Å². The first-order valence-electron chi connectivity index (χ1n) is 9.94. The molecule has 2 N–H and O–H groups in total. The van der Waals surface area contributed by atoms with Crippen LogP contribution in [0.5, 0.6) is 0 Å². The van der Waals surface area contributed by atoms with Crippen LogP contribution in [0.25, 0.3) is 0 Å². The second kappa shape index (κ2) is 9.44. The van der Waals surface area contributed by atoms with Gasteiger partial charge in [-0.15, -0.1) is 0 Å². The summed E-state index contributed by atoms with van der Waals surface area (Å²) < 4.78 is 38.6. The van der Waals surface area contributed by atoms with Gasteiger partial charge in [-0.25, -0.2) is 4.90 Å². The summed E-state index contributed by atoms with van der Waals surface area (Å²) in [7, 11) is 0. The van der Waals surface area contributed by atoms with Crippen molar-refractivity contribution in [1.82, 2.24) is 0 Å². The lowest BCUT2D eigenvalue weighted by Crippen LogP contribution is -2.32. The molecule has 1 aliphatic heterocycles. The topological polar surface area (TPSA) is 78.5 Å². The number of nitrogens with one attached hydrogen (secondary N) is 2. The maximum absolute atomic E-state index is 12.9. The average molecular weight is 520 g/mol. The molecule has 0 saturated carbocycles. The smallest absolute Gasteiger partial charge is 0.350 e. The summed E-state index contributed by atoms with van der Waals surface area (Å²) in [6.45, 7) is 0. The Bertz CT molecular complexity index is 1350. The zero-order valence-electron chi connectivity index (χ0n) is 17.5. The first-order chi connectivity index (χ1) is 16.5. The SMILES string of the molecule is O=C(Nc1cccc(C(F)(F)F)c1)c1ccc(NC2=C(Cl)C(=O)N(c3ccc(Cl)cc3)C2=O)cc1. The molecule has 0 atom stereocenters. The van der Waals surface area contributed by atoms with Crippen LogP contribution in [0.2, 0.25) is 5.02 Å². The standard InChI is InChI=1S/C24H14Cl2F3N3O3/c25-15-6-10-18(11-7-15)32-22(34)19(26)20(23(32)35)30-16-8-4-13(5-9-16)21(33)31-17-3-1-2-14(12-17)24(27,28)29/h1-12,30H,(H,31,33). The summed E-state index contributed by atoms with van der Waals surface area (Å²) in [5, 5.41) is 5.31. The molecule has 178 valence electrons. The van der Waals surface area contributed by atoms with Crippen LogP contribution >= 0.6 is 23.2 Å². The van der Waals surface area contributed by atoms with E-state index >= 15 is 0 Å². The molecule has 3 aromatic rings. The minimum Gasteiger partial charge on any atom is -0.350 e. The van der Waals surface area contributed by atoms with Gasteiger partial charge in [0.15, 0.2) is 0 Å². The van der Waals surface area contributed by atoms with Crippen molar-refractivity contribution in [3.63, 3.8) is 0 Å². The minimum atomic E-state index is -4.54. The molecule has 1 aliphatic rings. The lowest BCUT2D eigenvalue weighted by molar-refractivity contribution is -0.137. The highest BCUT2D eigenvalue weighted by molar-refractivity contribution is 6.53. The Balaban J connectivity index is 1.46. The predicted octanol–water partition coefficient (Wildman–Crippen LogP) is 6.05. The normalized spacial score (nSPS) is 13.9. The first kappa shape index (κ1) is 24.3. The Hall–Kier alpha value is -3.82. The molecule has 0 radical (unpaired) electrons. The molecule has 0 bridgehead atoms. The van der Waals surface area contributed by atoms with Crippen molar-refractivity contribution in [2.24, 2.45) is 0 Å². The van der Waals surface area contributed by atoms with E-state index in [0.717, 1.165) is 17.0 Å². The Labute approximate surface area is 206 Å². The molecule has 0 spiro atoms. The van der Waals surface area contributed by atoms with Crippen LogP contribution in [-0.2, 0) is 15.8 Å². The molecule has 4 rings (SSSR count). The van der Waals surface area contributed by atoms with Crippen LogP contribution < -0.4 is 15.5 Å². The quantitative estimate of drug-likeness (QED) is 0.402. The van der Waals surface area contributed by atoms with Crippen molar-refractivity contribution in [1.29, 1.82) is 0 Å². The molecule has 0 saturated heterocycles. The van der Waals surface area contributed by atoms with Crippen LogP contribution in [0.3, 0.4) is 0 Å². The van der Waals surface area contributed by atoms with E-state index in [9.17, 15) is 27.6 Å². The fourth-order valence-electron chi connectivity index (χ4n) is 3.26. The van der Waals surface area contributed by atoms with Gasteiger partial charge in [-0.1, -0.05) is 29.3 Å². The molecule has 11 heteroatoms. The molecule has 3 amide bonds. The van der Waals surface area contributed by atoms with E-state index in [1.165, 1.54) is 60.7 Å². The zero-order valence-corrected chi connectivity index (χ0v) is 19.0. The second-order valence-electron chi connectivity index (χ2n) is 7.35. The molecular weight excluding hydrogens is 506 g/mol. The van der Waals surface area contributed by atoms with E-state index in [0.29, 0.717) is 16.4 Å². The maximum atomic E-state index is 12.9. The molecule has 0 aliphatic carbocycles. The van der Waals surface area contributed by atoms with E-state index in [-0.39, 0.29) is 22.0 Å². The lowest BCUT2D eigenvalue weighted by atomic mass is 10.1. The summed E-state index contributed by atoms with van der Waals surface area (Å²) in [5.41, 5.74) is -0.240. The van der Waals surface area contributed by atoms with E-state index in [1.807, 2.05) is 0 Å². The number of rotatable bonds is 5. The van der Waals surface area contributed by atoms with Gasteiger partial charge in [0, 0.05) is 22.0 Å². The molecule has 0 aromatic heterocycles. The van der Waals surface area contributed by atoms with Crippen molar-refractivity contribution in [2.75, 3.05) is 15.5 Å². The van der Waals surface area contributed by atoms with Crippen molar-refractivity contribution in [3.8, 4) is 0 Å². The summed E-state index contributed by atoms with van der Waals surface area (Å²) in [6.07, 6.45) is -4.54. The third-order valence-electron chi connectivity index (χ3n) is 4.98. The largest absolute Gasteiger partial charge is 0.416 e. The highest BCUT2D eigenvalue weighted by atomic mass is 35.5. The third-order valence-corrected chi connectivity index (χ3v) is 5.58. The predicted molar refractivity (Wildman–Crippen MR) is 126 cm³/mol. The molecular formula is C24H14Cl2F3N3O3. The number of carbonyl (C=O) groups excluding carboxylic acids is 3. The fourth-order valence-corrected chi connectivity index (χ4v) is 3.60. The average Bonchev–Trinajstić information content (AvgIpc) is 3.03. The van der Waals surface area contributed by atoms with Crippen LogP contribution in [0.4, 0.5) is 30.2 Å². The zero-order chi connectivity index (χ0) is 25.3. The summed E-state index contributed by atoms with van der Waals surface area (Å²) in [5.74, 6) is -2.01. The molecule has 6 nitrogen and oxygen atoms in total. The van der Waals surface area contributed by atoms with Gasteiger partial charge in [-0.2, -0.15) is 13.2 Å². The number of anilines is 3. The van der Waals surface area contributed by atoms with Crippen molar-refractivity contribution in [2.45, 2.75) is 6.18 Å². The molecule has 0 unspecified atom stereocenters. The van der Waals surface area contributed by atoms with E-state index in [2.05, 4.69) is 10.6 Å². The van der Waals surface area contributed by atoms with Gasteiger partial charge >= 0.3 is 6.18 Å². The number of carbonyl (C=O) groups is 3. The number of alkyl halides is 3. The number of nitrogens with zero attached hydrogens (tertiary/aromatic N) is 1. The number of hydrogen-bond acceptors (Lipinski definition) is 4. The Morgan fingerprint density at radius 3 is 2.11 bits per heavy atom. The van der Waals surface area contributed by atoms with Gasteiger partial charge in [-0.3, -0.25) is 14.4 Å². The molecule has 3 aromatic carbocycles. The molecule has 1 heterocycles. The summed E-state index contributed by atoms with van der Waals surface area (Å²) in [6, 6.07) is 16.0. The number of halogens is 5. The molecule has 0 fully saturated rings. The summed E-state index contributed by atoms with van der Waals surface area (Å²) >= 11 is 12.0. The highest BCUT2D eigenvalue weighted by Gasteiger charge is 2.39. The summed E-state index contributed by atoms with van der Waals surface area (Å²) in [4.78, 5) is 38.7. The Morgan fingerprint density at radius 1 is 0.829 bits per heavy atom. The maximum Gasteiger partial charge on any atom is 0.416 e. The van der Waals surface area contributed by atoms with Crippen LogP contribution in [0, 0.1) is 0 Å². The van der Waals surface area contributed by atoms with Crippen LogP contribution in [0.1, 0.15) is 15.9 Å². The third kappa shape index (κ3) is 5.16. The van der Waals surface area contributed by atoms with E-state index in [1.54, 1.807) is 0 Å².